The minimum atomic E-state index is -0.147. The molecule has 4 heteroatoms. The molecular weight excluding hydrogens is 238 g/mol. The summed E-state index contributed by atoms with van der Waals surface area (Å²) in [6, 6.07) is 2.21. The number of aryl methyl sites for hydroxylation is 3. The van der Waals surface area contributed by atoms with Crippen molar-refractivity contribution in [3.8, 4) is 0 Å². The minimum absolute atomic E-state index is 0.147. The Kier molecular flexibility index (Phi) is 6.52. The highest BCUT2D eigenvalue weighted by Crippen LogP contribution is 2.14. The summed E-state index contributed by atoms with van der Waals surface area (Å²) in [6.45, 7) is 7.55. The van der Waals surface area contributed by atoms with Gasteiger partial charge in [0.15, 0.2) is 0 Å². The van der Waals surface area contributed by atoms with Crippen LogP contribution in [0.5, 0.6) is 0 Å². The van der Waals surface area contributed by atoms with Crippen molar-refractivity contribution >= 4 is 0 Å². The Labute approximate surface area is 117 Å². The molecule has 0 spiro atoms. The number of unbranched alkanes of at least 4 members (excludes halogenated alkanes) is 1. The predicted molar refractivity (Wildman–Crippen MR) is 79.4 cm³/mol. The summed E-state index contributed by atoms with van der Waals surface area (Å²) in [7, 11) is 1.91. The summed E-state index contributed by atoms with van der Waals surface area (Å²) in [6.07, 6.45) is 5.24. The van der Waals surface area contributed by atoms with E-state index in [1.807, 2.05) is 7.05 Å². The zero-order chi connectivity index (χ0) is 14.3. The summed E-state index contributed by atoms with van der Waals surface area (Å²) in [5.41, 5.74) is 2.37. The second-order valence-corrected chi connectivity index (χ2v) is 5.48. The first-order valence-electron chi connectivity index (χ1n) is 7.44. The van der Waals surface area contributed by atoms with Crippen molar-refractivity contribution in [3.05, 3.63) is 17.5 Å². The molecule has 0 saturated carbocycles. The Hall–Kier alpha value is -0.870. The van der Waals surface area contributed by atoms with Crippen LogP contribution in [0, 0.1) is 0 Å². The molecule has 1 aromatic rings. The highest BCUT2D eigenvalue weighted by atomic mass is 16.3. The highest BCUT2D eigenvalue weighted by Gasteiger charge is 2.19. The quantitative estimate of drug-likeness (QED) is 0.674. The van der Waals surface area contributed by atoms with E-state index >= 15 is 0 Å². The van der Waals surface area contributed by atoms with Crippen LogP contribution in [0.15, 0.2) is 6.07 Å². The Morgan fingerprint density at radius 1 is 1.32 bits per heavy atom. The minimum Gasteiger partial charge on any atom is -0.394 e. The van der Waals surface area contributed by atoms with Crippen LogP contribution in [0.3, 0.4) is 0 Å². The lowest BCUT2D eigenvalue weighted by Crippen LogP contribution is -2.43. The zero-order valence-electron chi connectivity index (χ0n) is 12.9. The molecule has 0 aliphatic carbocycles. The van der Waals surface area contributed by atoms with Gasteiger partial charge in [0, 0.05) is 17.8 Å². The first-order chi connectivity index (χ1) is 9.08. The molecule has 0 radical (unpaired) electrons. The average Bonchev–Trinajstić information content (AvgIpc) is 2.85. The number of hydrogen-bond donors (Lipinski definition) is 2. The van der Waals surface area contributed by atoms with Gasteiger partial charge in [-0.2, -0.15) is 5.10 Å². The van der Waals surface area contributed by atoms with E-state index in [1.165, 1.54) is 11.4 Å². The van der Waals surface area contributed by atoms with Gasteiger partial charge in [-0.15, -0.1) is 0 Å². The van der Waals surface area contributed by atoms with E-state index in [1.54, 1.807) is 0 Å². The standard InChI is InChI=1S/C15H29N3O/c1-5-13-11-14(6-2)18(17-13)10-8-7-9-15(3,12-19)16-4/h11,16,19H,5-10,12H2,1-4H3. The van der Waals surface area contributed by atoms with Crippen molar-refractivity contribution in [3.63, 3.8) is 0 Å². The number of likely N-dealkylation sites (N-methyl/N-ethyl adjacent to an activating group) is 1. The van der Waals surface area contributed by atoms with Gasteiger partial charge in [-0.1, -0.05) is 13.8 Å². The molecule has 1 aromatic heterocycles. The predicted octanol–water partition coefficient (Wildman–Crippen LogP) is 2.15. The van der Waals surface area contributed by atoms with Gasteiger partial charge in [0.2, 0.25) is 0 Å². The number of nitrogens with zero attached hydrogens (tertiary/aromatic N) is 2. The van der Waals surface area contributed by atoms with E-state index in [2.05, 4.69) is 41.9 Å². The van der Waals surface area contributed by atoms with Gasteiger partial charge in [-0.05, 0) is 52.1 Å². The van der Waals surface area contributed by atoms with Gasteiger partial charge >= 0.3 is 0 Å². The SMILES string of the molecule is CCc1cc(CC)n(CCCCC(C)(CO)NC)n1. The summed E-state index contributed by atoms with van der Waals surface area (Å²) >= 11 is 0. The summed E-state index contributed by atoms with van der Waals surface area (Å²) in [5, 5.41) is 17.2. The number of aromatic nitrogens is 2. The fourth-order valence-corrected chi connectivity index (χ4v) is 2.23. The molecule has 0 aromatic carbocycles. The molecule has 0 fully saturated rings. The van der Waals surface area contributed by atoms with Crippen molar-refractivity contribution in [2.45, 2.75) is 65.0 Å². The lowest BCUT2D eigenvalue weighted by atomic mass is 9.96. The third-order valence-electron chi connectivity index (χ3n) is 3.94. The van der Waals surface area contributed by atoms with Crippen LogP contribution in [-0.2, 0) is 19.4 Å². The van der Waals surface area contributed by atoms with E-state index in [-0.39, 0.29) is 12.1 Å². The van der Waals surface area contributed by atoms with Gasteiger partial charge in [-0.3, -0.25) is 4.68 Å². The molecule has 0 amide bonds. The Morgan fingerprint density at radius 3 is 2.58 bits per heavy atom. The van der Waals surface area contributed by atoms with Gasteiger partial charge in [0.05, 0.1) is 12.3 Å². The average molecular weight is 267 g/mol. The molecule has 4 nitrogen and oxygen atoms in total. The van der Waals surface area contributed by atoms with Crippen LogP contribution in [0.2, 0.25) is 0 Å². The van der Waals surface area contributed by atoms with E-state index in [0.29, 0.717) is 0 Å². The number of aliphatic hydroxyl groups excluding tert-OH is 1. The lowest BCUT2D eigenvalue weighted by molar-refractivity contribution is 0.170. The highest BCUT2D eigenvalue weighted by molar-refractivity contribution is 5.10. The van der Waals surface area contributed by atoms with Crippen LogP contribution in [0.1, 0.15) is 51.4 Å². The number of hydrogen-bond acceptors (Lipinski definition) is 3. The second-order valence-electron chi connectivity index (χ2n) is 5.48. The van der Waals surface area contributed by atoms with Gasteiger partial charge < -0.3 is 10.4 Å². The Bertz CT molecular complexity index is 369. The molecule has 0 bridgehead atoms. The van der Waals surface area contributed by atoms with Crippen LogP contribution < -0.4 is 5.32 Å². The summed E-state index contributed by atoms with van der Waals surface area (Å²) in [4.78, 5) is 0. The molecule has 0 saturated heterocycles. The second kappa shape index (κ2) is 7.65. The van der Waals surface area contributed by atoms with Crippen molar-refractivity contribution in [1.82, 2.24) is 15.1 Å². The van der Waals surface area contributed by atoms with E-state index in [0.717, 1.165) is 38.6 Å². The van der Waals surface area contributed by atoms with E-state index in [9.17, 15) is 5.11 Å². The smallest absolute Gasteiger partial charge is 0.0624 e. The van der Waals surface area contributed by atoms with Crippen molar-refractivity contribution in [1.29, 1.82) is 0 Å². The van der Waals surface area contributed by atoms with Crippen molar-refractivity contribution in [2.75, 3.05) is 13.7 Å². The molecule has 0 aliphatic heterocycles. The van der Waals surface area contributed by atoms with Gasteiger partial charge in [0.25, 0.3) is 0 Å². The Morgan fingerprint density at radius 2 is 2.05 bits per heavy atom. The largest absolute Gasteiger partial charge is 0.394 e. The molecule has 1 unspecified atom stereocenters. The van der Waals surface area contributed by atoms with Crippen LogP contribution >= 0.6 is 0 Å². The fraction of sp³-hybridized carbons (Fsp3) is 0.800. The molecule has 110 valence electrons. The molecule has 1 heterocycles. The van der Waals surface area contributed by atoms with Crippen molar-refractivity contribution in [2.24, 2.45) is 0 Å². The third-order valence-corrected chi connectivity index (χ3v) is 3.94. The normalized spacial score (nSPS) is 14.6. The number of nitrogens with one attached hydrogen (secondary N) is 1. The van der Waals surface area contributed by atoms with Crippen LogP contribution in [0.4, 0.5) is 0 Å². The molecule has 1 atom stereocenters. The van der Waals surface area contributed by atoms with Gasteiger partial charge in [0.1, 0.15) is 0 Å². The Balaban J connectivity index is 2.43. The van der Waals surface area contributed by atoms with Crippen LogP contribution in [0.25, 0.3) is 0 Å². The maximum Gasteiger partial charge on any atom is 0.0624 e. The van der Waals surface area contributed by atoms with Gasteiger partial charge in [-0.25, -0.2) is 0 Å². The first kappa shape index (κ1) is 16.2. The molecule has 1 rings (SSSR count). The monoisotopic (exact) mass is 267 g/mol. The number of rotatable bonds is 9. The molecule has 2 N–H and O–H groups in total. The number of aliphatic hydroxyl groups is 1. The first-order valence-corrected chi connectivity index (χ1v) is 7.44. The van der Waals surface area contributed by atoms with Crippen LogP contribution in [-0.4, -0.2) is 34.1 Å². The maximum atomic E-state index is 9.34. The summed E-state index contributed by atoms with van der Waals surface area (Å²) in [5.74, 6) is 0. The topological polar surface area (TPSA) is 50.1 Å². The molecular formula is C15H29N3O. The molecule has 19 heavy (non-hydrogen) atoms. The lowest BCUT2D eigenvalue weighted by Gasteiger charge is -2.26. The third kappa shape index (κ3) is 4.62. The summed E-state index contributed by atoms with van der Waals surface area (Å²) < 4.78 is 2.15. The van der Waals surface area contributed by atoms with E-state index in [4.69, 9.17) is 0 Å². The van der Waals surface area contributed by atoms with Crippen molar-refractivity contribution < 1.29 is 5.11 Å². The zero-order valence-corrected chi connectivity index (χ0v) is 12.9. The van der Waals surface area contributed by atoms with E-state index < -0.39 is 0 Å². The fourth-order valence-electron chi connectivity index (χ4n) is 2.23. The maximum absolute atomic E-state index is 9.34. The molecule has 0 aliphatic rings.